The summed E-state index contributed by atoms with van der Waals surface area (Å²) in [5.41, 5.74) is 5.46. The lowest BCUT2D eigenvalue weighted by atomic mass is 10.0. The molecule has 1 saturated heterocycles. The third-order valence-corrected chi connectivity index (χ3v) is 3.16. The Bertz CT molecular complexity index is 138. The summed E-state index contributed by atoms with van der Waals surface area (Å²) in [6, 6.07) is 0.635. The third-order valence-electron chi connectivity index (χ3n) is 3.16. The zero-order valence-electron chi connectivity index (χ0n) is 9.25. The van der Waals surface area contributed by atoms with E-state index in [0.717, 1.165) is 19.5 Å². The van der Waals surface area contributed by atoms with Gasteiger partial charge in [0.25, 0.3) is 0 Å². The fraction of sp³-hybridized carbons (Fsp3) is 1.00. The molecular weight excluding hydrogens is 174 g/mol. The van der Waals surface area contributed by atoms with E-state index < -0.39 is 0 Å². The van der Waals surface area contributed by atoms with E-state index in [9.17, 15) is 0 Å². The van der Waals surface area contributed by atoms with Gasteiger partial charge in [-0.25, -0.2) is 5.01 Å². The molecule has 1 atom stereocenters. The van der Waals surface area contributed by atoms with E-state index >= 15 is 0 Å². The van der Waals surface area contributed by atoms with Crippen molar-refractivity contribution in [1.29, 1.82) is 0 Å². The third kappa shape index (κ3) is 4.40. The van der Waals surface area contributed by atoms with Crippen LogP contribution in [-0.4, -0.2) is 24.1 Å². The number of hydrazine groups is 1. The van der Waals surface area contributed by atoms with Gasteiger partial charge < -0.3 is 5.73 Å². The molecule has 0 aromatic carbocycles. The van der Waals surface area contributed by atoms with Crippen LogP contribution in [0.1, 0.15) is 51.4 Å². The molecule has 3 nitrogen and oxygen atoms in total. The Morgan fingerprint density at radius 1 is 1.07 bits per heavy atom. The maximum atomic E-state index is 6.00. The average molecular weight is 199 g/mol. The summed E-state index contributed by atoms with van der Waals surface area (Å²) < 4.78 is 0. The van der Waals surface area contributed by atoms with Crippen LogP contribution in [0.25, 0.3) is 0 Å². The molecule has 0 amide bonds. The van der Waals surface area contributed by atoms with Gasteiger partial charge in [0.2, 0.25) is 0 Å². The van der Waals surface area contributed by atoms with Crippen molar-refractivity contribution in [2.24, 2.45) is 11.6 Å². The minimum atomic E-state index is 0.635. The Kier molecular flexibility index (Phi) is 6.15. The lowest BCUT2D eigenvalue weighted by Crippen LogP contribution is -2.40. The predicted octanol–water partition coefficient (Wildman–Crippen LogP) is 1.62. The summed E-state index contributed by atoms with van der Waals surface area (Å²) in [6.07, 6.45) is 10.3. The van der Waals surface area contributed by atoms with Crippen molar-refractivity contribution in [2.75, 3.05) is 13.1 Å². The number of hydrogen-bond acceptors (Lipinski definition) is 3. The summed E-state index contributed by atoms with van der Waals surface area (Å²) in [7, 11) is 0. The molecule has 0 aliphatic carbocycles. The van der Waals surface area contributed by atoms with Crippen LogP contribution < -0.4 is 11.6 Å². The molecule has 0 bridgehead atoms. The zero-order chi connectivity index (χ0) is 10.2. The minimum Gasteiger partial charge on any atom is -0.330 e. The molecule has 1 aliphatic rings. The highest BCUT2D eigenvalue weighted by Gasteiger charge is 2.16. The second-order valence-corrected chi connectivity index (χ2v) is 4.38. The highest BCUT2D eigenvalue weighted by molar-refractivity contribution is 4.71. The Morgan fingerprint density at radius 2 is 1.93 bits per heavy atom. The Morgan fingerprint density at radius 3 is 2.71 bits per heavy atom. The molecule has 0 aromatic heterocycles. The molecule has 1 unspecified atom stereocenters. The van der Waals surface area contributed by atoms with Gasteiger partial charge >= 0.3 is 0 Å². The summed E-state index contributed by atoms with van der Waals surface area (Å²) in [5.74, 6) is 6.00. The fourth-order valence-corrected chi connectivity index (χ4v) is 2.21. The topological polar surface area (TPSA) is 55.3 Å². The predicted molar refractivity (Wildman–Crippen MR) is 60.7 cm³/mol. The Hall–Kier alpha value is -0.120. The van der Waals surface area contributed by atoms with Gasteiger partial charge in [-0.2, -0.15) is 0 Å². The van der Waals surface area contributed by atoms with Crippen LogP contribution in [0.4, 0.5) is 0 Å². The maximum absolute atomic E-state index is 6.00. The highest BCUT2D eigenvalue weighted by Crippen LogP contribution is 2.18. The normalized spacial score (nSPS) is 24.9. The molecule has 1 heterocycles. The van der Waals surface area contributed by atoms with Crippen LogP contribution in [-0.2, 0) is 0 Å². The standard InChI is InChI=1S/C11H25N3/c12-9-5-1-3-7-11-8-4-2-6-10-14(11)13/h11H,1-10,12-13H2. The molecular formula is C11H25N3. The molecule has 1 fully saturated rings. The molecule has 3 heteroatoms. The molecule has 14 heavy (non-hydrogen) atoms. The second-order valence-electron chi connectivity index (χ2n) is 4.38. The van der Waals surface area contributed by atoms with Gasteiger partial charge in [-0.3, -0.25) is 5.84 Å². The molecule has 0 saturated carbocycles. The largest absolute Gasteiger partial charge is 0.330 e. The van der Waals surface area contributed by atoms with Crippen molar-refractivity contribution in [1.82, 2.24) is 5.01 Å². The molecule has 84 valence electrons. The van der Waals surface area contributed by atoms with E-state index in [-0.39, 0.29) is 0 Å². The van der Waals surface area contributed by atoms with Crippen LogP contribution in [0.3, 0.4) is 0 Å². The van der Waals surface area contributed by atoms with E-state index in [2.05, 4.69) is 5.01 Å². The zero-order valence-corrected chi connectivity index (χ0v) is 9.25. The van der Waals surface area contributed by atoms with Crippen molar-refractivity contribution in [3.05, 3.63) is 0 Å². The first kappa shape index (κ1) is 12.0. The summed E-state index contributed by atoms with van der Waals surface area (Å²) in [4.78, 5) is 0. The van der Waals surface area contributed by atoms with Gasteiger partial charge in [-0.05, 0) is 32.2 Å². The van der Waals surface area contributed by atoms with E-state index in [1.807, 2.05) is 0 Å². The number of nitrogens with zero attached hydrogens (tertiary/aromatic N) is 1. The number of unbranched alkanes of at least 4 members (excludes halogenated alkanes) is 2. The average Bonchev–Trinajstić information content (AvgIpc) is 2.39. The lowest BCUT2D eigenvalue weighted by molar-refractivity contribution is 0.190. The lowest BCUT2D eigenvalue weighted by Gasteiger charge is -2.24. The van der Waals surface area contributed by atoms with E-state index in [1.54, 1.807) is 0 Å². The quantitative estimate of drug-likeness (QED) is 0.522. The van der Waals surface area contributed by atoms with Crippen LogP contribution in [0.5, 0.6) is 0 Å². The summed E-state index contributed by atoms with van der Waals surface area (Å²) >= 11 is 0. The Balaban J connectivity index is 2.13. The number of nitrogens with two attached hydrogens (primary N) is 2. The molecule has 0 spiro atoms. The summed E-state index contributed by atoms with van der Waals surface area (Å²) in [5, 5.41) is 2.06. The van der Waals surface area contributed by atoms with Crippen molar-refractivity contribution < 1.29 is 0 Å². The van der Waals surface area contributed by atoms with Gasteiger partial charge in [0, 0.05) is 12.6 Å². The van der Waals surface area contributed by atoms with Gasteiger partial charge in [0.15, 0.2) is 0 Å². The molecule has 4 N–H and O–H groups in total. The van der Waals surface area contributed by atoms with E-state index in [4.69, 9.17) is 11.6 Å². The molecule has 0 aromatic rings. The number of rotatable bonds is 5. The molecule has 1 rings (SSSR count). The van der Waals surface area contributed by atoms with Crippen molar-refractivity contribution in [2.45, 2.75) is 57.4 Å². The monoisotopic (exact) mass is 199 g/mol. The number of hydrogen-bond donors (Lipinski definition) is 2. The summed E-state index contributed by atoms with van der Waals surface area (Å²) in [6.45, 7) is 1.92. The van der Waals surface area contributed by atoms with Gasteiger partial charge in [0.1, 0.15) is 0 Å². The van der Waals surface area contributed by atoms with Gasteiger partial charge in [-0.1, -0.05) is 25.7 Å². The Labute approximate surface area is 87.8 Å². The van der Waals surface area contributed by atoms with Crippen LogP contribution in [0.15, 0.2) is 0 Å². The van der Waals surface area contributed by atoms with Crippen LogP contribution in [0.2, 0.25) is 0 Å². The first-order chi connectivity index (χ1) is 6.84. The van der Waals surface area contributed by atoms with E-state index in [0.29, 0.717) is 6.04 Å². The second kappa shape index (κ2) is 7.21. The highest BCUT2D eigenvalue weighted by atomic mass is 15.4. The van der Waals surface area contributed by atoms with Crippen LogP contribution in [0, 0.1) is 0 Å². The maximum Gasteiger partial charge on any atom is 0.0241 e. The SMILES string of the molecule is NCCCCCC1CCCCCN1N. The van der Waals surface area contributed by atoms with Crippen molar-refractivity contribution >= 4 is 0 Å². The smallest absolute Gasteiger partial charge is 0.0241 e. The van der Waals surface area contributed by atoms with Crippen molar-refractivity contribution in [3.8, 4) is 0 Å². The molecule has 0 radical (unpaired) electrons. The first-order valence-electron chi connectivity index (χ1n) is 6.06. The first-order valence-corrected chi connectivity index (χ1v) is 6.06. The van der Waals surface area contributed by atoms with Gasteiger partial charge in [-0.15, -0.1) is 0 Å². The minimum absolute atomic E-state index is 0.635. The van der Waals surface area contributed by atoms with E-state index in [1.165, 1.54) is 44.9 Å². The van der Waals surface area contributed by atoms with Gasteiger partial charge in [0.05, 0.1) is 0 Å². The van der Waals surface area contributed by atoms with Crippen LogP contribution >= 0.6 is 0 Å². The van der Waals surface area contributed by atoms with Crippen molar-refractivity contribution in [3.63, 3.8) is 0 Å². The fourth-order valence-electron chi connectivity index (χ4n) is 2.21. The molecule has 1 aliphatic heterocycles.